The molecule has 0 radical (unpaired) electrons. The van der Waals surface area contributed by atoms with E-state index in [1.54, 1.807) is 20.1 Å². The van der Waals surface area contributed by atoms with Gasteiger partial charge in [-0.1, -0.05) is 5.16 Å². The molecule has 0 unspecified atom stereocenters. The predicted octanol–water partition coefficient (Wildman–Crippen LogP) is 0.824. The number of aromatic nitrogens is 1. The minimum absolute atomic E-state index is 0.146. The Labute approximate surface area is 113 Å². The number of likely N-dealkylation sites (tertiary alicyclic amines) is 1. The second-order valence-corrected chi connectivity index (χ2v) is 4.90. The van der Waals surface area contributed by atoms with Gasteiger partial charge in [-0.2, -0.15) is 0 Å². The summed E-state index contributed by atoms with van der Waals surface area (Å²) < 4.78 is 9.97. The lowest BCUT2D eigenvalue weighted by Gasteiger charge is -2.31. The molecule has 1 amide bonds. The van der Waals surface area contributed by atoms with Crippen LogP contribution >= 0.6 is 0 Å². The third-order valence-corrected chi connectivity index (χ3v) is 3.40. The Morgan fingerprint density at radius 1 is 1.58 bits per heavy atom. The van der Waals surface area contributed by atoms with Crippen molar-refractivity contribution in [2.45, 2.75) is 25.8 Å². The van der Waals surface area contributed by atoms with Gasteiger partial charge >= 0.3 is 0 Å². The summed E-state index contributed by atoms with van der Waals surface area (Å²) in [6.45, 7) is 5.48. The second kappa shape index (κ2) is 6.68. The lowest BCUT2D eigenvalue weighted by atomic mass is 10.0. The van der Waals surface area contributed by atoms with Crippen LogP contribution in [-0.4, -0.2) is 55.4 Å². The highest BCUT2D eigenvalue weighted by atomic mass is 16.5. The number of ether oxygens (including phenoxy) is 1. The van der Waals surface area contributed by atoms with Gasteiger partial charge in [0, 0.05) is 38.9 Å². The summed E-state index contributed by atoms with van der Waals surface area (Å²) in [5, 5.41) is 6.73. The van der Waals surface area contributed by atoms with E-state index in [-0.39, 0.29) is 11.9 Å². The molecule has 0 saturated carbocycles. The van der Waals surface area contributed by atoms with Gasteiger partial charge in [0.2, 0.25) is 0 Å². The van der Waals surface area contributed by atoms with Crippen LogP contribution in [0.15, 0.2) is 10.6 Å². The third-order valence-electron chi connectivity index (χ3n) is 3.40. The SMILES string of the molecule is COCCN1CCC(NC(=O)c2cc(C)on2)CC1. The molecule has 0 aliphatic carbocycles. The second-order valence-electron chi connectivity index (χ2n) is 4.90. The summed E-state index contributed by atoms with van der Waals surface area (Å²) in [6, 6.07) is 1.88. The van der Waals surface area contributed by atoms with Crippen molar-refractivity contribution in [2.24, 2.45) is 0 Å². The van der Waals surface area contributed by atoms with Crippen molar-refractivity contribution in [3.8, 4) is 0 Å². The van der Waals surface area contributed by atoms with E-state index in [0.717, 1.165) is 39.1 Å². The molecule has 1 aromatic rings. The molecule has 1 saturated heterocycles. The number of piperidine rings is 1. The first-order chi connectivity index (χ1) is 9.19. The Hall–Kier alpha value is -1.40. The number of nitrogens with zero attached hydrogens (tertiary/aromatic N) is 2. The van der Waals surface area contributed by atoms with Gasteiger partial charge in [-0.25, -0.2) is 0 Å². The van der Waals surface area contributed by atoms with Gasteiger partial charge in [0.25, 0.3) is 5.91 Å². The Balaban J connectivity index is 1.75. The quantitative estimate of drug-likeness (QED) is 0.855. The third kappa shape index (κ3) is 4.04. The molecular formula is C13H21N3O3. The molecule has 6 heteroatoms. The van der Waals surface area contributed by atoms with E-state index in [0.29, 0.717) is 11.5 Å². The Bertz CT molecular complexity index is 411. The first-order valence-corrected chi connectivity index (χ1v) is 6.64. The summed E-state index contributed by atoms with van der Waals surface area (Å²) in [4.78, 5) is 14.3. The number of carbonyl (C=O) groups excluding carboxylic acids is 1. The molecule has 0 spiro atoms. The van der Waals surface area contributed by atoms with E-state index >= 15 is 0 Å². The van der Waals surface area contributed by atoms with Gasteiger partial charge in [-0.15, -0.1) is 0 Å². The summed E-state index contributed by atoms with van der Waals surface area (Å²) >= 11 is 0. The number of hydrogen-bond donors (Lipinski definition) is 1. The maximum Gasteiger partial charge on any atom is 0.273 e. The molecule has 0 atom stereocenters. The molecule has 1 N–H and O–H groups in total. The Morgan fingerprint density at radius 2 is 2.32 bits per heavy atom. The van der Waals surface area contributed by atoms with E-state index in [9.17, 15) is 4.79 Å². The zero-order valence-electron chi connectivity index (χ0n) is 11.5. The normalized spacial score (nSPS) is 17.6. The average molecular weight is 267 g/mol. The molecule has 0 bridgehead atoms. The lowest BCUT2D eigenvalue weighted by molar-refractivity contribution is 0.0884. The molecule has 2 rings (SSSR count). The van der Waals surface area contributed by atoms with Crippen molar-refractivity contribution in [1.82, 2.24) is 15.4 Å². The number of methoxy groups -OCH3 is 1. The summed E-state index contributed by atoms with van der Waals surface area (Å²) in [7, 11) is 1.72. The van der Waals surface area contributed by atoms with Crippen LogP contribution in [-0.2, 0) is 4.74 Å². The fraction of sp³-hybridized carbons (Fsp3) is 0.692. The van der Waals surface area contributed by atoms with Crippen molar-refractivity contribution in [2.75, 3.05) is 33.4 Å². The average Bonchev–Trinajstić information content (AvgIpc) is 2.85. The number of aryl methyl sites for hydroxylation is 1. The molecule has 1 fully saturated rings. The first-order valence-electron chi connectivity index (χ1n) is 6.64. The van der Waals surface area contributed by atoms with Crippen molar-refractivity contribution in [3.63, 3.8) is 0 Å². The molecule has 106 valence electrons. The zero-order valence-corrected chi connectivity index (χ0v) is 11.5. The summed E-state index contributed by atoms with van der Waals surface area (Å²) in [5.74, 6) is 0.506. The zero-order chi connectivity index (χ0) is 13.7. The number of nitrogens with one attached hydrogen (secondary N) is 1. The van der Waals surface area contributed by atoms with Gasteiger partial charge in [0.15, 0.2) is 5.69 Å². The fourth-order valence-corrected chi connectivity index (χ4v) is 2.25. The van der Waals surface area contributed by atoms with Crippen LogP contribution in [0.1, 0.15) is 29.1 Å². The fourth-order valence-electron chi connectivity index (χ4n) is 2.25. The number of hydrogen-bond acceptors (Lipinski definition) is 5. The first kappa shape index (κ1) is 14.0. The topological polar surface area (TPSA) is 67.6 Å². The monoisotopic (exact) mass is 267 g/mol. The number of rotatable bonds is 5. The van der Waals surface area contributed by atoms with Crippen LogP contribution in [0.5, 0.6) is 0 Å². The van der Waals surface area contributed by atoms with Gasteiger partial charge in [0.05, 0.1) is 6.61 Å². The smallest absolute Gasteiger partial charge is 0.273 e. The molecule has 1 aromatic heterocycles. The summed E-state index contributed by atoms with van der Waals surface area (Å²) in [6.07, 6.45) is 1.93. The number of carbonyl (C=O) groups is 1. The summed E-state index contributed by atoms with van der Waals surface area (Å²) in [5.41, 5.74) is 0.360. The minimum Gasteiger partial charge on any atom is -0.383 e. The number of amides is 1. The van der Waals surface area contributed by atoms with Crippen LogP contribution in [0.4, 0.5) is 0 Å². The molecule has 1 aliphatic heterocycles. The van der Waals surface area contributed by atoms with Crippen LogP contribution in [0, 0.1) is 6.92 Å². The highest BCUT2D eigenvalue weighted by molar-refractivity contribution is 5.92. The van der Waals surface area contributed by atoms with E-state index < -0.39 is 0 Å². The van der Waals surface area contributed by atoms with Gasteiger partial charge < -0.3 is 19.5 Å². The molecule has 0 aromatic carbocycles. The van der Waals surface area contributed by atoms with E-state index in [1.807, 2.05) is 0 Å². The van der Waals surface area contributed by atoms with Crippen LogP contribution in [0.25, 0.3) is 0 Å². The van der Waals surface area contributed by atoms with Crippen molar-refractivity contribution in [1.29, 1.82) is 0 Å². The molecule has 19 heavy (non-hydrogen) atoms. The predicted molar refractivity (Wildman–Crippen MR) is 70.0 cm³/mol. The minimum atomic E-state index is -0.146. The van der Waals surface area contributed by atoms with Crippen molar-refractivity contribution >= 4 is 5.91 Å². The van der Waals surface area contributed by atoms with Crippen LogP contribution in [0.3, 0.4) is 0 Å². The molecular weight excluding hydrogens is 246 g/mol. The van der Waals surface area contributed by atoms with E-state index in [4.69, 9.17) is 9.26 Å². The highest BCUT2D eigenvalue weighted by Gasteiger charge is 2.21. The Kier molecular flexibility index (Phi) is 4.93. The molecule has 1 aliphatic rings. The lowest BCUT2D eigenvalue weighted by Crippen LogP contribution is -2.45. The van der Waals surface area contributed by atoms with Gasteiger partial charge in [0.1, 0.15) is 5.76 Å². The largest absolute Gasteiger partial charge is 0.383 e. The van der Waals surface area contributed by atoms with Gasteiger partial charge in [-0.3, -0.25) is 4.79 Å². The standard InChI is InChI=1S/C13H21N3O3/c1-10-9-12(15-19-10)13(17)14-11-3-5-16(6-4-11)7-8-18-2/h9,11H,3-8H2,1-2H3,(H,14,17). The van der Waals surface area contributed by atoms with E-state index in [1.165, 1.54) is 0 Å². The van der Waals surface area contributed by atoms with Gasteiger partial charge in [-0.05, 0) is 19.8 Å². The van der Waals surface area contributed by atoms with Crippen molar-refractivity contribution < 1.29 is 14.1 Å². The molecule has 2 heterocycles. The highest BCUT2D eigenvalue weighted by Crippen LogP contribution is 2.11. The van der Waals surface area contributed by atoms with Crippen molar-refractivity contribution in [3.05, 3.63) is 17.5 Å². The maximum atomic E-state index is 11.9. The van der Waals surface area contributed by atoms with Crippen LogP contribution in [0.2, 0.25) is 0 Å². The maximum absolute atomic E-state index is 11.9. The van der Waals surface area contributed by atoms with E-state index in [2.05, 4.69) is 15.4 Å². The Morgan fingerprint density at radius 3 is 2.89 bits per heavy atom. The van der Waals surface area contributed by atoms with Crippen LogP contribution < -0.4 is 5.32 Å². The molecule has 6 nitrogen and oxygen atoms in total.